The lowest BCUT2D eigenvalue weighted by molar-refractivity contribution is -0.148. The molecule has 39 heavy (non-hydrogen) atoms. The lowest BCUT2D eigenvalue weighted by Gasteiger charge is -2.22. The van der Waals surface area contributed by atoms with Crippen molar-refractivity contribution in [1.82, 2.24) is 14.9 Å². The molecule has 1 aromatic carbocycles. The molecule has 0 aliphatic carbocycles. The van der Waals surface area contributed by atoms with Crippen LogP contribution in [0.4, 0.5) is 10.6 Å². The molecule has 1 saturated heterocycles. The van der Waals surface area contributed by atoms with Gasteiger partial charge < -0.3 is 40.2 Å². The maximum atomic E-state index is 12.7. The number of anilines is 1. The molecule has 0 spiro atoms. The van der Waals surface area contributed by atoms with E-state index in [1.165, 1.54) is 12.3 Å². The van der Waals surface area contributed by atoms with Crippen LogP contribution in [0.1, 0.15) is 39.0 Å². The number of benzene rings is 1. The number of carbonyl (C=O) groups excluding carboxylic acids is 3. The Morgan fingerprint density at radius 1 is 1.13 bits per heavy atom. The van der Waals surface area contributed by atoms with Crippen LogP contribution in [0.5, 0.6) is 0 Å². The number of hydrogen-bond acceptors (Lipinski definition) is 11. The molecule has 2 amide bonds. The van der Waals surface area contributed by atoms with Gasteiger partial charge in [0.05, 0.1) is 13.0 Å². The summed E-state index contributed by atoms with van der Waals surface area (Å²) in [5.41, 5.74) is -1.08. The second kappa shape index (κ2) is 12.8. The normalized spacial score (nSPS) is 21.6. The number of aliphatic hydroxyl groups excluding tert-OH is 3. The smallest absolute Gasteiger partial charge is 0.408 e. The summed E-state index contributed by atoms with van der Waals surface area (Å²) in [4.78, 5) is 54.0. The molecule has 14 nitrogen and oxygen atoms in total. The molecule has 2 aromatic rings. The minimum Gasteiger partial charge on any atom is -0.459 e. The molecular formula is C25H32N4O10. The van der Waals surface area contributed by atoms with Crippen molar-refractivity contribution < 1.29 is 43.9 Å². The van der Waals surface area contributed by atoms with Gasteiger partial charge in [-0.2, -0.15) is 4.98 Å². The quantitative estimate of drug-likeness (QED) is 0.261. The Morgan fingerprint density at radius 2 is 1.82 bits per heavy atom. The van der Waals surface area contributed by atoms with Crippen molar-refractivity contribution in [3.8, 4) is 0 Å². The summed E-state index contributed by atoms with van der Waals surface area (Å²) in [6.07, 6.45) is -5.62. The second-order valence-corrected chi connectivity index (χ2v) is 9.78. The van der Waals surface area contributed by atoms with Crippen molar-refractivity contribution in [2.75, 3.05) is 11.9 Å². The molecule has 2 heterocycles. The molecule has 0 radical (unpaired) electrons. The molecule has 5 N–H and O–H groups in total. The molecule has 1 aliphatic heterocycles. The van der Waals surface area contributed by atoms with Gasteiger partial charge in [-0.3, -0.25) is 9.36 Å². The minimum absolute atomic E-state index is 0.0888. The standard InChI is InChI=1S/C25H32N4O10/c1-25(2,3)39-24(36)26-15(22(34)37-13-14-7-5-4-6-8-14)11-18(31)27-17-9-10-29(23(35)28-17)21-20(33)19(32)16(12-30)38-21/h4-10,15-16,19-21,30,32-33H,11-13H2,1-3H3,(H,26,36)(H,27,28,31,35)/t15-,16+,19+,20-,21+/m0/s1. The fraction of sp³-hybridized carbons (Fsp3) is 0.480. The summed E-state index contributed by atoms with van der Waals surface area (Å²) in [6, 6.07) is 8.63. The van der Waals surface area contributed by atoms with Gasteiger partial charge >= 0.3 is 17.8 Å². The number of amides is 2. The summed E-state index contributed by atoms with van der Waals surface area (Å²) in [5.74, 6) is -1.83. The molecule has 0 bridgehead atoms. The lowest BCUT2D eigenvalue weighted by Crippen LogP contribution is -2.46. The zero-order valence-electron chi connectivity index (χ0n) is 21.6. The maximum absolute atomic E-state index is 12.7. The van der Waals surface area contributed by atoms with Crippen LogP contribution in [0.2, 0.25) is 0 Å². The van der Waals surface area contributed by atoms with E-state index in [9.17, 15) is 34.5 Å². The number of hydrogen-bond donors (Lipinski definition) is 5. The summed E-state index contributed by atoms with van der Waals surface area (Å²) in [7, 11) is 0. The van der Waals surface area contributed by atoms with Crippen LogP contribution < -0.4 is 16.3 Å². The summed E-state index contributed by atoms with van der Waals surface area (Å²) in [6.45, 7) is 4.24. The average molecular weight is 549 g/mol. The molecule has 1 aliphatic rings. The third kappa shape index (κ3) is 8.32. The monoisotopic (exact) mass is 548 g/mol. The zero-order chi connectivity index (χ0) is 28.7. The van der Waals surface area contributed by atoms with Gasteiger partial charge in [0.15, 0.2) is 6.23 Å². The SMILES string of the molecule is CC(C)(C)OC(=O)N[C@@H](CC(=O)Nc1ccn([C@@H]2O[C@H](CO)[C@@H](O)[C@@H]2O)c(=O)n1)C(=O)OCc1ccccc1. The summed E-state index contributed by atoms with van der Waals surface area (Å²) >= 11 is 0. The number of aliphatic hydroxyl groups is 3. The molecule has 0 saturated carbocycles. The lowest BCUT2D eigenvalue weighted by atomic mass is 10.1. The number of rotatable bonds is 9. The van der Waals surface area contributed by atoms with Crippen molar-refractivity contribution in [3.05, 3.63) is 58.6 Å². The van der Waals surface area contributed by atoms with Crippen molar-refractivity contribution in [2.45, 2.75) is 70.0 Å². The van der Waals surface area contributed by atoms with Gasteiger partial charge in [-0.25, -0.2) is 14.4 Å². The number of aromatic nitrogens is 2. The van der Waals surface area contributed by atoms with Crippen molar-refractivity contribution in [2.24, 2.45) is 0 Å². The summed E-state index contributed by atoms with van der Waals surface area (Å²) in [5, 5.41) is 34.0. The van der Waals surface area contributed by atoms with Crippen LogP contribution in [0.25, 0.3) is 0 Å². The van der Waals surface area contributed by atoms with Gasteiger partial charge in [0.1, 0.15) is 42.4 Å². The Bertz CT molecular complexity index is 1210. The third-order valence-electron chi connectivity index (χ3n) is 5.48. The number of esters is 1. The van der Waals surface area contributed by atoms with Crippen molar-refractivity contribution in [1.29, 1.82) is 0 Å². The predicted octanol–water partition coefficient (Wildman–Crippen LogP) is -0.180. The van der Waals surface area contributed by atoms with E-state index in [0.717, 1.165) is 4.57 Å². The van der Waals surface area contributed by atoms with Gasteiger partial charge in [-0.1, -0.05) is 30.3 Å². The fourth-order valence-electron chi connectivity index (χ4n) is 3.64. The maximum Gasteiger partial charge on any atom is 0.408 e. The Labute approximate surface area is 223 Å². The van der Waals surface area contributed by atoms with Gasteiger partial charge in [-0.15, -0.1) is 0 Å². The van der Waals surface area contributed by atoms with E-state index in [0.29, 0.717) is 5.56 Å². The first-order valence-electron chi connectivity index (χ1n) is 12.1. The second-order valence-electron chi connectivity index (χ2n) is 9.78. The number of nitrogens with one attached hydrogen (secondary N) is 2. The highest BCUT2D eigenvalue weighted by atomic mass is 16.6. The van der Waals surface area contributed by atoms with Gasteiger partial charge in [0.25, 0.3) is 0 Å². The molecule has 3 rings (SSSR count). The third-order valence-corrected chi connectivity index (χ3v) is 5.48. The summed E-state index contributed by atoms with van der Waals surface area (Å²) < 4.78 is 16.7. The predicted molar refractivity (Wildman–Crippen MR) is 134 cm³/mol. The van der Waals surface area contributed by atoms with E-state index in [1.807, 2.05) is 0 Å². The van der Waals surface area contributed by atoms with Crippen LogP contribution in [0.15, 0.2) is 47.4 Å². The van der Waals surface area contributed by atoms with Crippen LogP contribution in [0.3, 0.4) is 0 Å². The Morgan fingerprint density at radius 3 is 2.41 bits per heavy atom. The number of nitrogens with zero attached hydrogens (tertiary/aromatic N) is 2. The Kier molecular flexibility index (Phi) is 9.75. The van der Waals surface area contributed by atoms with E-state index in [-0.39, 0.29) is 12.4 Å². The molecule has 212 valence electrons. The van der Waals surface area contributed by atoms with Crippen molar-refractivity contribution in [3.63, 3.8) is 0 Å². The molecule has 1 aromatic heterocycles. The highest BCUT2D eigenvalue weighted by Crippen LogP contribution is 2.28. The first-order chi connectivity index (χ1) is 18.4. The van der Waals surface area contributed by atoms with E-state index < -0.39 is 72.9 Å². The molecular weight excluding hydrogens is 516 g/mol. The number of ether oxygens (including phenoxy) is 3. The Hall–Kier alpha value is -3.85. The fourth-order valence-corrected chi connectivity index (χ4v) is 3.64. The van der Waals surface area contributed by atoms with Gasteiger partial charge in [-0.05, 0) is 32.4 Å². The van der Waals surface area contributed by atoms with E-state index in [2.05, 4.69) is 15.6 Å². The number of carbonyl (C=O) groups is 3. The van der Waals surface area contributed by atoms with E-state index in [4.69, 9.17) is 14.2 Å². The largest absolute Gasteiger partial charge is 0.459 e. The molecule has 0 unspecified atom stereocenters. The van der Waals surface area contributed by atoms with Crippen LogP contribution in [-0.4, -0.2) is 79.4 Å². The molecule has 1 fully saturated rings. The van der Waals surface area contributed by atoms with E-state index >= 15 is 0 Å². The number of alkyl carbamates (subject to hydrolysis) is 1. The highest BCUT2D eigenvalue weighted by molar-refractivity contribution is 5.94. The van der Waals surface area contributed by atoms with Crippen LogP contribution >= 0.6 is 0 Å². The van der Waals surface area contributed by atoms with Gasteiger partial charge in [0.2, 0.25) is 5.91 Å². The minimum atomic E-state index is -1.50. The van der Waals surface area contributed by atoms with Crippen LogP contribution in [-0.2, 0) is 30.4 Å². The van der Waals surface area contributed by atoms with E-state index in [1.54, 1.807) is 51.1 Å². The zero-order valence-corrected chi connectivity index (χ0v) is 21.6. The van der Waals surface area contributed by atoms with Crippen molar-refractivity contribution >= 4 is 23.8 Å². The first kappa shape index (κ1) is 29.7. The Balaban J connectivity index is 1.68. The first-order valence-corrected chi connectivity index (χ1v) is 12.1. The molecule has 14 heteroatoms. The van der Waals surface area contributed by atoms with Gasteiger partial charge in [0, 0.05) is 6.20 Å². The highest BCUT2D eigenvalue weighted by Gasteiger charge is 2.43. The molecule has 5 atom stereocenters. The van der Waals surface area contributed by atoms with Crippen LogP contribution in [0, 0.1) is 0 Å². The topological polar surface area (TPSA) is 199 Å². The average Bonchev–Trinajstić information content (AvgIpc) is 3.15.